The number of hydrogen-bond donors (Lipinski definition) is 3. The molecule has 0 fully saturated rings. The maximum absolute atomic E-state index is 12.3. The first-order valence-electron chi connectivity index (χ1n) is 8.16. The molecule has 0 aliphatic carbocycles. The molecule has 0 aliphatic rings. The summed E-state index contributed by atoms with van der Waals surface area (Å²) in [6.45, 7) is 0. The fourth-order valence-electron chi connectivity index (χ4n) is 2.85. The second-order valence-electron chi connectivity index (χ2n) is 6.04. The van der Waals surface area contributed by atoms with Gasteiger partial charge in [-0.3, -0.25) is 4.79 Å². The number of nitrogens with zero attached hydrogens (tertiary/aromatic N) is 1. The summed E-state index contributed by atoms with van der Waals surface area (Å²) in [4.78, 5) is 12.3. The van der Waals surface area contributed by atoms with Crippen LogP contribution >= 0.6 is 0 Å². The van der Waals surface area contributed by atoms with Crippen LogP contribution in [0.2, 0.25) is 0 Å². The Kier molecular flexibility index (Phi) is 5.37. The van der Waals surface area contributed by atoms with Gasteiger partial charge in [0.2, 0.25) is 5.91 Å². The Morgan fingerprint density at radius 1 is 1.23 bits per heavy atom. The molecule has 1 heterocycles. The number of benzene rings is 2. The average Bonchev–Trinajstić information content (AvgIpc) is 3.04. The van der Waals surface area contributed by atoms with Gasteiger partial charge in [0.25, 0.3) is 0 Å². The highest BCUT2D eigenvalue weighted by Gasteiger charge is 2.27. The molecule has 3 rings (SSSR count). The van der Waals surface area contributed by atoms with E-state index < -0.39 is 13.1 Å². The Balaban J connectivity index is 1.70. The number of fused-ring (bicyclic) bond motifs is 1. The van der Waals surface area contributed by atoms with Crippen molar-refractivity contribution in [3.63, 3.8) is 0 Å². The average molecular weight is 348 g/mol. The van der Waals surface area contributed by atoms with Crippen LogP contribution in [0.4, 0.5) is 0 Å². The molecule has 1 amide bonds. The standard InChI is InChI=1S/C19H17BN2O4/c21-11-14-5-3-4-13(8-14)9-19(23)22-18(20(24)25)10-15-12-26-17-7-2-1-6-16(15)17/h1-8,12,18,24-25H,9-10H2,(H,22,23). The molecule has 130 valence electrons. The quantitative estimate of drug-likeness (QED) is 0.587. The van der Waals surface area contributed by atoms with E-state index in [-0.39, 0.29) is 18.7 Å². The highest BCUT2D eigenvalue weighted by atomic mass is 16.4. The minimum absolute atomic E-state index is 0.0465. The van der Waals surface area contributed by atoms with Crippen LogP contribution in [0.5, 0.6) is 0 Å². The van der Waals surface area contributed by atoms with Crippen LogP contribution in [0.15, 0.2) is 59.2 Å². The third-order valence-corrected chi connectivity index (χ3v) is 4.13. The summed E-state index contributed by atoms with van der Waals surface area (Å²) in [5.41, 5.74) is 2.64. The van der Waals surface area contributed by atoms with Gasteiger partial charge in [-0.15, -0.1) is 0 Å². The molecule has 26 heavy (non-hydrogen) atoms. The van der Waals surface area contributed by atoms with Crippen LogP contribution in [0.25, 0.3) is 11.0 Å². The predicted molar refractivity (Wildman–Crippen MR) is 96.9 cm³/mol. The second-order valence-corrected chi connectivity index (χ2v) is 6.04. The summed E-state index contributed by atoms with van der Waals surface area (Å²) in [7, 11) is -1.71. The van der Waals surface area contributed by atoms with E-state index in [1.54, 1.807) is 30.5 Å². The smallest absolute Gasteiger partial charge is 0.464 e. The SMILES string of the molecule is N#Cc1cccc(CC(=O)NC(Cc2coc3ccccc23)B(O)O)c1. The van der Waals surface area contributed by atoms with Gasteiger partial charge in [-0.2, -0.15) is 5.26 Å². The molecule has 6 nitrogen and oxygen atoms in total. The monoisotopic (exact) mass is 348 g/mol. The van der Waals surface area contributed by atoms with Crippen molar-refractivity contribution in [1.29, 1.82) is 5.26 Å². The first kappa shape index (κ1) is 17.7. The predicted octanol–water partition coefficient (Wildman–Crippen LogP) is 1.59. The number of nitrogens with one attached hydrogen (secondary N) is 1. The lowest BCUT2D eigenvalue weighted by Crippen LogP contribution is -2.48. The molecule has 0 spiro atoms. The molecule has 1 unspecified atom stereocenters. The van der Waals surface area contributed by atoms with E-state index in [1.807, 2.05) is 30.3 Å². The summed E-state index contributed by atoms with van der Waals surface area (Å²) in [5, 5.41) is 31.7. The first-order chi connectivity index (χ1) is 12.6. The molecule has 7 heteroatoms. The maximum atomic E-state index is 12.3. The van der Waals surface area contributed by atoms with E-state index in [4.69, 9.17) is 9.68 Å². The van der Waals surface area contributed by atoms with Crippen molar-refractivity contribution < 1.29 is 19.3 Å². The van der Waals surface area contributed by atoms with Gasteiger partial charge < -0.3 is 19.8 Å². The molecule has 0 saturated carbocycles. The Labute approximate surface area is 150 Å². The molecule has 3 N–H and O–H groups in total. The Bertz CT molecular complexity index is 961. The van der Waals surface area contributed by atoms with Crippen molar-refractivity contribution in [2.45, 2.75) is 18.8 Å². The third kappa shape index (κ3) is 4.12. The summed E-state index contributed by atoms with van der Waals surface area (Å²) < 4.78 is 5.45. The van der Waals surface area contributed by atoms with Crippen molar-refractivity contribution in [1.82, 2.24) is 5.32 Å². The Morgan fingerprint density at radius 2 is 2.04 bits per heavy atom. The van der Waals surface area contributed by atoms with Crippen LogP contribution in [0, 0.1) is 11.3 Å². The van der Waals surface area contributed by atoms with E-state index in [1.165, 1.54) is 0 Å². The highest BCUT2D eigenvalue weighted by Crippen LogP contribution is 2.22. The van der Waals surface area contributed by atoms with Gasteiger partial charge in [0.1, 0.15) is 5.58 Å². The molecule has 1 aromatic heterocycles. The highest BCUT2D eigenvalue weighted by molar-refractivity contribution is 6.43. The fourth-order valence-corrected chi connectivity index (χ4v) is 2.85. The van der Waals surface area contributed by atoms with E-state index in [0.29, 0.717) is 16.7 Å². The number of nitriles is 1. The van der Waals surface area contributed by atoms with Crippen molar-refractivity contribution in [2.24, 2.45) is 0 Å². The van der Waals surface area contributed by atoms with Gasteiger partial charge in [0, 0.05) is 5.39 Å². The number of carbonyl (C=O) groups is 1. The number of amides is 1. The van der Waals surface area contributed by atoms with E-state index >= 15 is 0 Å². The number of carbonyl (C=O) groups excluding carboxylic acids is 1. The number of rotatable bonds is 6. The van der Waals surface area contributed by atoms with Gasteiger partial charge in [0.05, 0.1) is 30.3 Å². The van der Waals surface area contributed by atoms with E-state index in [9.17, 15) is 14.8 Å². The largest absolute Gasteiger partial charge is 0.475 e. The van der Waals surface area contributed by atoms with Gasteiger partial charge in [0.15, 0.2) is 0 Å². The zero-order chi connectivity index (χ0) is 18.5. The van der Waals surface area contributed by atoms with Crippen LogP contribution < -0.4 is 5.32 Å². The molecule has 3 aromatic rings. The maximum Gasteiger partial charge on any atom is 0.475 e. The van der Waals surface area contributed by atoms with Crippen molar-refractivity contribution in [2.75, 3.05) is 0 Å². The van der Waals surface area contributed by atoms with E-state index in [2.05, 4.69) is 5.32 Å². The number of hydrogen-bond acceptors (Lipinski definition) is 5. The van der Waals surface area contributed by atoms with Crippen molar-refractivity contribution in [3.8, 4) is 6.07 Å². The number of para-hydroxylation sites is 1. The molecular formula is C19H17BN2O4. The lowest BCUT2D eigenvalue weighted by molar-refractivity contribution is -0.120. The second kappa shape index (κ2) is 7.87. The molecule has 0 radical (unpaired) electrons. The van der Waals surface area contributed by atoms with Crippen molar-refractivity contribution in [3.05, 3.63) is 71.5 Å². The third-order valence-electron chi connectivity index (χ3n) is 4.13. The minimum atomic E-state index is -1.71. The lowest BCUT2D eigenvalue weighted by Gasteiger charge is -2.17. The summed E-state index contributed by atoms with van der Waals surface area (Å²) in [6, 6.07) is 16.2. The first-order valence-corrected chi connectivity index (χ1v) is 8.16. The molecule has 0 saturated heterocycles. The Hall–Kier alpha value is -3.08. The fraction of sp³-hybridized carbons (Fsp3) is 0.158. The molecule has 0 aliphatic heterocycles. The van der Waals surface area contributed by atoms with Crippen LogP contribution in [-0.2, 0) is 17.6 Å². The lowest BCUT2D eigenvalue weighted by atomic mass is 9.75. The van der Waals surface area contributed by atoms with Crippen LogP contribution in [0.3, 0.4) is 0 Å². The van der Waals surface area contributed by atoms with Gasteiger partial charge in [-0.1, -0.05) is 30.3 Å². The topological polar surface area (TPSA) is 106 Å². The Morgan fingerprint density at radius 3 is 2.81 bits per heavy atom. The van der Waals surface area contributed by atoms with E-state index in [0.717, 1.165) is 10.9 Å². The zero-order valence-corrected chi connectivity index (χ0v) is 13.9. The normalized spacial score (nSPS) is 11.7. The minimum Gasteiger partial charge on any atom is -0.464 e. The van der Waals surface area contributed by atoms with Gasteiger partial charge in [-0.25, -0.2) is 0 Å². The van der Waals surface area contributed by atoms with Gasteiger partial charge >= 0.3 is 7.12 Å². The van der Waals surface area contributed by atoms with Gasteiger partial charge in [-0.05, 0) is 35.7 Å². The van der Waals surface area contributed by atoms with Crippen LogP contribution in [-0.4, -0.2) is 29.0 Å². The molecular weight excluding hydrogens is 331 g/mol. The molecule has 0 bridgehead atoms. The summed E-state index contributed by atoms with van der Waals surface area (Å²) in [6.07, 6.45) is 1.83. The van der Waals surface area contributed by atoms with Crippen LogP contribution in [0.1, 0.15) is 16.7 Å². The summed E-state index contributed by atoms with van der Waals surface area (Å²) in [5.74, 6) is -1.23. The molecule has 1 atom stereocenters. The van der Waals surface area contributed by atoms with Crippen molar-refractivity contribution >= 4 is 24.0 Å². The molecule has 2 aromatic carbocycles. The zero-order valence-electron chi connectivity index (χ0n) is 13.9. The summed E-state index contributed by atoms with van der Waals surface area (Å²) >= 11 is 0. The number of furan rings is 1.